The van der Waals surface area contributed by atoms with Crippen LogP contribution >= 0.6 is 0 Å². The van der Waals surface area contributed by atoms with Crippen molar-refractivity contribution in [2.75, 3.05) is 20.6 Å². The first-order chi connectivity index (χ1) is 6.59. The number of aliphatic hydroxyl groups is 1. The lowest BCUT2D eigenvalue weighted by Crippen LogP contribution is -2.42. The first kappa shape index (κ1) is 12.0. The second-order valence-electron chi connectivity index (χ2n) is 4.76. The molecule has 2 N–H and O–H groups in total. The molecule has 3 heteroatoms. The molecule has 0 aliphatic heterocycles. The SMILES string of the molecule is CC(CCN(C)C)N[C@H]1CCC[C@@H]1O. The van der Waals surface area contributed by atoms with E-state index in [0.717, 1.165) is 25.8 Å². The molecule has 0 bridgehead atoms. The zero-order valence-electron chi connectivity index (χ0n) is 9.66. The third-order valence-corrected chi connectivity index (χ3v) is 2.99. The molecule has 0 saturated heterocycles. The minimum absolute atomic E-state index is 0.114. The van der Waals surface area contributed by atoms with Crippen LogP contribution in [0.4, 0.5) is 0 Å². The van der Waals surface area contributed by atoms with E-state index in [1.165, 1.54) is 6.42 Å². The summed E-state index contributed by atoms with van der Waals surface area (Å²) < 4.78 is 0. The molecule has 3 atom stereocenters. The molecule has 0 heterocycles. The molecule has 14 heavy (non-hydrogen) atoms. The first-order valence-electron chi connectivity index (χ1n) is 5.68. The lowest BCUT2D eigenvalue weighted by atomic mass is 10.1. The summed E-state index contributed by atoms with van der Waals surface area (Å²) in [7, 11) is 4.19. The Morgan fingerprint density at radius 2 is 2.14 bits per heavy atom. The molecule has 0 aromatic heterocycles. The van der Waals surface area contributed by atoms with E-state index in [-0.39, 0.29) is 6.10 Å². The molecule has 0 aromatic carbocycles. The highest BCUT2D eigenvalue weighted by molar-refractivity contribution is 4.84. The molecule has 1 aliphatic rings. The van der Waals surface area contributed by atoms with Gasteiger partial charge in [0.1, 0.15) is 0 Å². The van der Waals surface area contributed by atoms with Gasteiger partial charge < -0.3 is 15.3 Å². The molecule has 0 radical (unpaired) electrons. The maximum atomic E-state index is 9.64. The Labute approximate surface area is 87.5 Å². The molecular weight excluding hydrogens is 176 g/mol. The molecule has 1 saturated carbocycles. The topological polar surface area (TPSA) is 35.5 Å². The van der Waals surface area contributed by atoms with Gasteiger partial charge in [-0.15, -0.1) is 0 Å². The third kappa shape index (κ3) is 3.95. The van der Waals surface area contributed by atoms with Crippen molar-refractivity contribution in [3.8, 4) is 0 Å². The van der Waals surface area contributed by atoms with Crippen LogP contribution in [0, 0.1) is 0 Å². The predicted molar refractivity (Wildman–Crippen MR) is 59.4 cm³/mol. The summed E-state index contributed by atoms with van der Waals surface area (Å²) >= 11 is 0. The Balaban J connectivity index is 2.16. The van der Waals surface area contributed by atoms with Crippen LogP contribution in [0.3, 0.4) is 0 Å². The summed E-state index contributed by atoms with van der Waals surface area (Å²) in [5, 5.41) is 13.1. The number of hydrogen-bond donors (Lipinski definition) is 2. The van der Waals surface area contributed by atoms with E-state index < -0.39 is 0 Å². The molecule has 1 rings (SSSR count). The van der Waals surface area contributed by atoms with Gasteiger partial charge in [-0.1, -0.05) is 0 Å². The van der Waals surface area contributed by atoms with E-state index in [1.807, 2.05) is 0 Å². The normalized spacial score (nSPS) is 29.8. The van der Waals surface area contributed by atoms with Gasteiger partial charge in [0.05, 0.1) is 6.10 Å². The van der Waals surface area contributed by atoms with Gasteiger partial charge in [-0.05, 0) is 53.2 Å². The summed E-state index contributed by atoms with van der Waals surface area (Å²) in [6.45, 7) is 3.31. The van der Waals surface area contributed by atoms with E-state index in [1.54, 1.807) is 0 Å². The Morgan fingerprint density at radius 1 is 1.43 bits per heavy atom. The Bertz CT molecular complexity index is 161. The molecule has 1 aliphatic carbocycles. The van der Waals surface area contributed by atoms with Crippen LogP contribution in [0.25, 0.3) is 0 Å². The van der Waals surface area contributed by atoms with Crippen LogP contribution in [-0.2, 0) is 0 Å². The van der Waals surface area contributed by atoms with E-state index in [4.69, 9.17) is 0 Å². The van der Waals surface area contributed by atoms with Gasteiger partial charge in [-0.25, -0.2) is 0 Å². The van der Waals surface area contributed by atoms with Crippen LogP contribution in [0.1, 0.15) is 32.6 Å². The van der Waals surface area contributed by atoms with E-state index in [9.17, 15) is 5.11 Å². The van der Waals surface area contributed by atoms with Crippen LogP contribution in [0.5, 0.6) is 0 Å². The van der Waals surface area contributed by atoms with Crippen molar-refractivity contribution >= 4 is 0 Å². The minimum atomic E-state index is -0.114. The Kier molecular flexibility index (Phi) is 4.85. The van der Waals surface area contributed by atoms with Crippen molar-refractivity contribution in [2.24, 2.45) is 0 Å². The molecular formula is C11H24N2O. The lowest BCUT2D eigenvalue weighted by Gasteiger charge is -2.23. The summed E-state index contributed by atoms with van der Waals surface area (Å²) in [5.41, 5.74) is 0. The van der Waals surface area contributed by atoms with Crippen molar-refractivity contribution in [1.29, 1.82) is 0 Å². The average Bonchev–Trinajstić information content (AvgIpc) is 2.49. The summed E-state index contributed by atoms with van der Waals surface area (Å²) in [4.78, 5) is 2.20. The smallest absolute Gasteiger partial charge is 0.0693 e. The van der Waals surface area contributed by atoms with E-state index >= 15 is 0 Å². The monoisotopic (exact) mass is 200 g/mol. The zero-order chi connectivity index (χ0) is 10.6. The quantitative estimate of drug-likeness (QED) is 0.690. The van der Waals surface area contributed by atoms with Gasteiger partial charge in [0.25, 0.3) is 0 Å². The number of nitrogens with zero attached hydrogens (tertiary/aromatic N) is 1. The maximum Gasteiger partial charge on any atom is 0.0693 e. The van der Waals surface area contributed by atoms with E-state index in [0.29, 0.717) is 12.1 Å². The fraction of sp³-hybridized carbons (Fsp3) is 1.00. The molecule has 0 spiro atoms. The van der Waals surface area contributed by atoms with Crippen LogP contribution in [0.2, 0.25) is 0 Å². The number of aliphatic hydroxyl groups excluding tert-OH is 1. The molecule has 1 unspecified atom stereocenters. The molecule has 0 aromatic rings. The van der Waals surface area contributed by atoms with Gasteiger partial charge in [0, 0.05) is 12.1 Å². The highest BCUT2D eigenvalue weighted by Gasteiger charge is 2.25. The van der Waals surface area contributed by atoms with Gasteiger partial charge in [-0.3, -0.25) is 0 Å². The minimum Gasteiger partial charge on any atom is -0.392 e. The van der Waals surface area contributed by atoms with E-state index in [2.05, 4.69) is 31.2 Å². The molecule has 3 nitrogen and oxygen atoms in total. The Morgan fingerprint density at radius 3 is 2.64 bits per heavy atom. The third-order valence-electron chi connectivity index (χ3n) is 2.99. The number of hydrogen-bond acceptors (Lipinski definition) is 3. The summed E-state index contributed by atoms with van der Waals surface area (Å²) in [6.07, 6.45) is 4.30. The number of nitrogens with one attached hydrogen (secondary N) is 1. The number of rotatable bonds is 5. The first-order valence-corrected chi connectivity index (χ1v) is 5.68. The van der Waals surface area contributed by atoms with Gasteiger partial charge in [-0.2, -0.15) is 0 Å². The second kappa shape index (κ2) is 5.69. The standard InChI is InChI=1S/C11H24N2O/c1-9(7-8-13(2)3)12-10-5-4-6-11(10)14/h9-12,14H,4-8H2,1-3H3/t9?,10-,11-/m0/s1. The Hall–Kier alpha value is -0.120. The van der Waals surface area contributed by atoms with Crippen LogP contribution < -0.4 is 5.32 Å². The molecule has 0 amide bonds. The highest BCUT2D eigenvalue weighted by Crippen LogP contribution is 2.19. The summed E-state index contributed by atoms with van der Waals surface area (Å²) in [5.74, 6) is 0. The van der Waals surface area contributed by atoms with Gasteiger partial charge in [0.2, 0.25) is 0 Å². The maximum absolute atomic E-state index is 9.64. The van der Waals surface area contributed by atoms with Crippen molar-refractivity contribution in [2.45, 2.75) is 50.8 Å². The average molecular weight is 200 g/mol. The van der Waals surface area contributed by atoms with Crippen molar-refractivity contribution in [3.63, 3.8) is 0 Å². The highest BCUT2D eigenvalue weighted by atomic mass is 16.3. The van der Waals surface area contributed by atoms with Gasteiger partial charge >= 0.3 is 0 Å². The largest absolute Gasteiger partial charge is 0.392 e. The zero-order valence-corrected chi connectivity index (χ0v) is 9.66. The van der Waals surface area contributed by atoms with Crippen LogP contribution in [0.15, 0.2) is 0 Å². The van der Waals surface area contributed by atoms with Crippen molar-refractivity contribution < 1.29 is 5.11 Å². The van der Waals surface area contributed by atoms with Crippen LogP contribution in [-0.4, -0.2) is 48.8 Å². The fourth-order valence-electron chi connectivity index (χ4n) is 2.04. The molecule has 84 valence electrons. The fourth-order valence-corrected chi connectivity index (χ4v) is 2.04. The second-order valence-corrected chi connectivity index (χ2v) is 4.76. The predicted octanol–water partition coefficient (Wildman–Crippen LogP) is 0.830. The van der Waals surface area contributed by atoms with Crippen molar-refractivity contribution in [3.05, 3.63) is 0 Å². The van der Waals surface area contributed by atoms with Gasteiger partial charge in [0.15, 0.2) is 0 Å². The molecule has 1 fully saturated rings. The summed E-state index contributed by atoms with van der Waals surface area (Å²) in [6, 6.07) is 0.849. The van der Waals surface area contributed by atoms with Crippen molar-refractivity contribution in [1.82, 2.24) is 10.2 Å². The lowest BCUT2D eigenvalue weighted by molar-refractivity contribution is 0.142.